The average molecular weight is 462 g/mol. The zero-order chi connectivity index (χ0) is 22.0. The molecule has 164 valence electrons. The number of hydrogen-bond donors (Lipinski definition) is 0. The first-order chi connectivity index (χ1) is 14.9. The molecule has 0 saturated heterocycles. The molecule has 0 unspecified atom stereocenters. The van der Waals surface area contributed by atoms with Crippen LogP contribution in [0.25, 0.3) is 11.4 Å². The molecule has 1 aromatic heterocycles. The van der Waals surface area contributed by atoms with Crippen molar-refractivity contribution in [2.24, 2.45) is 0 Å². The molecule has 4 rings (SSSR count). The molecule has 1 saturated carbocycles. The summed E-state index contributed by atoms with van der Waals surface area (Å²) in [7, 11) is -2.48. The van der Waals surface area contributed by atoms with Gasteiger partial charge in [0.05, 0.1) is 13.7 Å². The van der Waals surface area contributed by atoms with Crippen molar-refractivity contribution in [3.63, 3.8) is 0 Å². The lowest BCUT2D eigenvalue weighted by Crippen LogP contribution is -2.38. The number of methoxy groups -OCH3 is 1. The van der Waals surface area contributed by atoms with E-state index in [-0.39, 0.29) is 29.1 Å². The number of aromatic nitrogens is 2. The van der Waals surface area contributed by atoms with E-state index in [1.807, 2.05) is 31.2 Å². The van der Waals surface area contributed by atoms with Crippen LogP contribution < -0.4 is 4.74 Å². The van der Waals surface area contributed by atoms with Gasteiger partial charge in [0.25, 0.3) is 0 Å². The lowest BCUT2D eigenvalue weighted by atomic mass is 10.1. The Kier molecular flexibility index (Phi) is 6.31. The van der Waals surface area contributed by atoms with Crippen molar-refractivity contribution in [1.29, 1.82) is 0 Å². The van der Waals surface area contributed by atoms with Gasteiger partial charge in [-0.25, -0.2) is 8.42 Å². The highest BCUT2D eigenvalue weighted by Gasteiger charge is 2.36. The van der Waals surface area contributed by atoms with Gasteiger partial charge in [0.2, 0.25) is 21.7 Å². The number of aryl methyl sites for hydroxylation is 1. The van der Waals surface area contributed by atoms with Crippen molar-refractivity contribution in [2.45, 2.75) is 50.1 Å². The predicted octanol–water partition coefficient (Wildman–Crippen LogP) is 4.84. The molecule has 2 aromatic carbocycles. The van der Waals surface area contributed by atoms with Gasteiger partial charge >= 0.3 is 0 Å². The minimum atomic E-state index is -3.91. The van der Waals surface area contributed by atoms with E-state index in [4.69, 9.17) is 20.9 Å². The number of ether oxygens (including phenoxy) is 1. The van der Waals surface area contributed by atoms with Crippen molar-refractivity contribution in [3.05, 3.63) is 58.9 Å². The van der Waals surface area contributed by atoms with Gasteiger partial charge in [-0.1, -0.05) is 53.4 Å². The Labute approximate surface area is 187 Å². The average Bonchev–Trinajstić information content (AvgIpc) is 3.44. The summed E-state index contributed by atoms with van der Waals surface area (Å²) in [4.78, 5) is 4.49. The first-order valence-corrected chi connectivity index (χ1v) is 12.0. The summed E-state index contributed by atoms with van der Waals surface area (Å²) in [6.07, 6.45) is 3.51. The quantitative estimate of drug-likeness (QED) is 0.500. The van der Waals surface area contributed by atoms with E-state index in [0.717, 1.165) is 36.8 Å². The van der Waals surface area contributed by atoms with Crippen molar-refractivity contribution >= 4 is 21.6 Å². The normalized spacial score (nSPS) is 15.0. The summed E-state index contributed by atoms with van der Waals surface area (Å²) < 4.78 is 39.5. The second-order valence-corrected chi connectivity index (χ2v) is 9.96. The second kappa shape index (κ2) is 8.98. The zero-order valence-electron chi connectivity index (χ0n) is 17.4. The van der Waals surface area contributed by atoms with Crippen molar-refractivity contribution < 1.29 is 17.7 Å². The lowest BCUT2D eigenvalue weighted by molar-refractivity contribution is 0.267. The summed E-state index contributed by atoms with van der Waals surface area (Å²) >= 11 is 6.11. The SMILES string of the molecule is COc1ccc(Cl)cc1S(=O)(=O)N(Cc1nc(-c2cccc(C)c2)no1)C1CCCC1. The molecule has 0 N–H and O–H groups in total. The maximum absolute atomic E-state index is 13.7. The van der Waals surface area contributed by atoms with E-state index in [2.05, 4.69) is 10.1 Å². The molecule has 0 atom stereocenters. The van der Waals surface area contributed by atoms with E-state index >= 15 is 0 Å². The molecular formula is C22H24ClN3O4S. The zero-order valence-corrected chi connectivity index (χ0v) is 19.0. The van der Waals surface area contributed by atoms with Gasteiger partial charge in [-0.3, -0.25) is 0 Å². The smallest absolute Gasteiger partial charge is 0.247 e. The molecule has 1 heterocycles. The third kappa shape index (κ3) is 4.61. The molecule has 0 spiro atoms. The fourth-order valence-electron chi connectivity index (χ4n) is 3.93. The van der Waals surface area contributed by atoms with Crippen LogP contribution in [0.1, 0.15) is 37.1 Å². The first-order valence-electron chi connectivity index (χ1n) is 10.1. The number of nitrogens with zero attached hydrogens (tertiary/aromatic N) is 3. The Morgan fingerprint density at radius 1 is 1.19 bits per heavy atom. The molecule has 31 heavy (non-hydrogen) atoms. The van der Waals surface area contributed by atoms with Gasteiger partial charge < -0.3 is 9.26 Å². The fraction of sp³-hybridized carbons (Fsp3) is 0.364. The van der Waals surface area contributed by atoms with E-state index in [9.17, 15) is 8.42 Å². The van der Waals surface area contributed by atoms with Crippen LogP contribution in [0.3, 0.4) is 0 Å². The van der Waals surface area contributed by atoms with Crippen molar-refractivity contribution in [1.82, 2.24) is 14.4 Å². The second-order valence-electron chi connectivity index (χ2n) is 7.66. The molecular weight excluding hydrogens is 438 g/mol. The highest BCUT2D eigenvalue weighted by molar-refractivity contribution is 7.89. The molecule has 3 aromatic rings. The van der Waals surface area contributed by atoms with Crippen molar-refractivity contribution in [2.75, 3.05) is 7.11 Å². The molecule has 1 fully saturated rings. The maximum atomic E-state index is 13.7. The summed E-state index contributed by atoms with van der Waals surface area (Å²) in [5.41, 5.74) is 1.90. The van der Waals surface area contributed by atoms with Gasteiger partial charge in [0.15, 0.2) is 0 Å². The van der Waals surface area contributed by atoms with E-state index in [1.165, 1.54) is 17.5 Å². The summed E-state index contributed by atoms with van der Waals surface area (Å²) in [6, 6.07) is 12.2. The topological polar surface area (TPSA) is 85.5 Å². The van der Waals surface area contributed by atoms with E-state index < -0.39 is 10.0 Å². The Bertz CT molecular complexity index is 1170. The molecule has 0 amide bonds. The summed E-state index contributed by atoms with van der Waals surface area (Å²) in [5, 5.41) is 4.38. The third-order valence-corrected chi connectivity index (χ3v) is 7.63. The molecule has 9 heteroatoms. The number of hydrogen-bond acceptors (Lipinski definition) is 6. The minimum Gasteiger partial charge on any atom is -0.495 e. The fourth-order valence-corrected chi connectivity index (χ4v) is 5.99. The largest absolute Gasteiger partial charge is 0.495 e. The van der Waals surface area contributed by atoms with Crippen LogP contribution in [0.5, 0.6) is 5.75 Å². The van der Waals surface area contributed by atoms with Gasteiger partial charge in [0, 0.05) is 16.6 Å². The molecule has 0 bridgehead atoms. The Hall–Kier alpha value is -2.42. The standard InChI is InChI=1S/C22H24ClN3O4S/c1-15-6-5-7-16(12-15)22-24-21(30-25-22)14-26(18-8-3-4-9-18)31(27,28)20-13-17(23)10-11-19(20)29-2/h5-7,10-13,18H,3-4,8-9,14H2,1-2H3. The van der Waals surface area contributed by atoms with E-state index in [1.54, 1.807) is 12.1 Å². The van der Waals surface area contributed by atoms with Crippen LogP contribution in [0.15, 0.2) is 51.9 Å². The number of sulfonamides is 1. The van der Waals surface area contributed by atoms with Gasteiger partial charge in [-0.05, 0) is 44.0 Å². The van der Waals surface area contributed by atoms with Crippen LogP contribution in [-0.4, -0.2) is 36.0 Å². The first kappa shape index (κ1) is 21.8. The van der Waals surface area contributed by atoms with Gasteiger partial charge in [-0.2, -0.15) is 9.29 Å². The lowest BCUT2D eigenvalue weighted by Gasteiger charge is -2.27. The summed E-state index contributed by atoms with van der Waals surface area (Å²) in [5.74, 6) is 0.925. The van der Waals surface area contributed by atoms with Crippen LogP contribution >= 0.6 is 11.6 Å². The Morgan fingerprint density at radius 3 is 2.68 bits per heavy atom. The predicted molar refractivity (Wildman–Crippen MR) is 117 cm³/mol. The summed E-state index contributed by atoms with van der Waals surface area (Å²) in [6.45, 7) is 1.97. The third-order valence-electron chi connectivity index (χ3n) is 5.48. The van der Waals surface area contributed by atoms with Gasteiger partial charge in [0.1, 0.15) is 10.6 Å². The molecule has 1 aliphatic rings. The molecule has 0 radical (unpaired) electrons. The monoisotopic (exact) mass is 461 g/mol. The number of benzene rings is 2. The molecule has 0 aliphatic heterocycles. The Morgan fingerprint density at radius 2 is 1.97 bits per heavy atom. The number of halogens is 1. The van der Waals surface area contributed by atoms with Crippen molar-refractivity contribution in [3.8, 4) is 17.1 Å². The maximum Gasteiger partial charge on any atom is 0.247 e. The molecule has 7 nitrogen and oxygen atoms in total. The number of rotatable bonds is 7. The Balaban J connectivity index is 1.69. The molecule has 1 aliphatic carbocycles. The van der Waals surface area contributed by atoms with Crippen LogP contribution in [0, 0.1) is 6.92 Å². The van der Waals surface area contributed by atoms with Crippen LogP contribution in [0.4, 0.5) is 0 Å². The highest BCUT2D eigenvalue weighted by Crippen LogP contribution is 2.35. The minimum absolute atomic E-state index is 0.0124. The van der Waals surface area contributed by atoms with Gasteiger partial charge in [-0.15, -0.1) is 0 Å². The van der Waals surface area contributed by atoms with Crippen LogP contribution in [0.2, 0.25) is 5.02 Å². The van der Waals surface area contributed by atoms with Crippen LogP contribution in [-0.2, 0) is 16.6 Å². The highest BCUT2D eigenvalue weighted by atomic mass is 35.5. The van der Waals surface area contributed by atoms with E-state index in [0.29, 0.717) is 10.8 Å².